The zero-order chi connectivity index (χ0) is 13.0. The van der Waals surface area contributed by atoms with Crippen molar-refractivity contribution < 1.29 is 0 Å². The van der Waals surface area contributed by atoms with Gasteiger partial charge in [0, 0.05) is 7.05 Å². The molecule has 3 N–H and O–H groups in total. The molecule has 2 rings (SSSR count). The molecule has 1 aliphatic carbocycles. The first-order valence-electron chi connectivity index (χ1n) is 5.88. The van der Waals surface area contributed by atoms with Crippen LogP contribution < -0.4 is 11.3 Å². The van der Waals surface area contributed by atoms with Gasteiger partial charge in [-0.05, 0) is 32.7 Å². The highest BCUT2D eigenvalue weighted by molar-refractivity contribution is 9.10. The fraction of sp³-hybridized carbons (Fsp3) is 0.750. The van der Waals surface area contributed by atoms with Gasteiger partial charge in [0.15, 0.2) is 0 Å². The first-order valence-corrected chi connectivity index (χ1v) is 6.68. The number of hydrazine groups is 1. The van der Waals surface area contributed by atoms with Crippen LogP contribution in [0, 0.1) is 16.7 Å². The minimum Gasteiger partial charge on any atom is -0.271 e. The third-order valence-corrected chi connectivity index (χ3v) is 5.49. The molecule has 5 heteroatoms. The molecule has 1 atom stereocenters. The normalized spacial score (nSPS) is 23.7. The van der Waals surface area contributed by atoms with Crippen molar-refractivity contribution in [3.8, 4) is 0 Å². The second kappa shape index (κ2) is 3.80. The van der Waals surface area contributed by atoms with E-state index in [0.29, 0.717) is 5.92 Å². The molecule has 0 radical (unpaired) electrons. The molecule has 1 heterocycles. The number of rotatable bonds is 3. The van der Waals surface area contributed by atoms with Gasteiger partial charge in [-0.1, -0.05) is 27.7 Å². The lowest BCUT2D eigenvalue weighted by atomic mass is 10.0. The average molecular weight is 301 g/mol. The predicted molar refractivity (Wildman–Crippen MR) is 72.0 cm³/mol. The van der Waals surface area contributed by atoms with E-state index in [1.165, 1.54) is 0 Å². The molecule has 0 bridgehead atoms. The summed E-state index contributed by atoms with van der Waals surface area (Å²) in [6, 6.07) is 0.127. The molecule has 96 valence electrons. The van der Waals surface area contributed by atoms with Crippen molar-refractivity contribution in [2.75, 3.05) is 0 Å². The molecule has 0 amide bonds. The highest BCUT2D eigenvalue weighted by Crippen LogP contribution is 2.72. The number of nitrogens with two attached hydrogens (primary N) is 1. The molecule has 1 aromatic rings. The summed E-state index contributed by atoms with van der Waals surface area (Å²) < 4.78 is 2.90. The smallest absolute Gasteiger partial charge is 0.0709 e. The van der Waals surface area contributed by atoms with Crippen LogP contribution >= 0.6 is 15.9 Å². The Labute approximate surface area is 111 Å². The number of hydrogen-bond donors (Lipinski definition) is 2. The Morgan fingerprint density at radius 3 is 2.24 bits per heavy atom. The van der Waals surface area contributed by atoms with Gasteiger partial charge in [0.2, 0.25) is 0 Å². The largest absolute Gasteiger partial charge is 0.271 e. The van der Waals surface area contributed by atoms with E-state index >= 15 is 0 Å². The van der Waals surface area contributed by atoms with Crippen molar-refractivity contribution >= 4 is 15.9 Å². The summed E-state index contributed by atoms with van der Waals surface area (Å²) in [7, 11) is 1.95. The van der Waals surface area contributed by atoms with Gasteiger partial charge in [0.25, 0.3) is 0 Å². The van der Waals surface area contributed by atoms with Crippen LogP contribution in [-0.4, -0.2) is 9.78 Å². The average Bonchev–Trinajstić information content (AvgIpc) is 2.51. The first-order chi connectivity index (χ1) is 7.75. The molecule has 4 nitrogen and oxygen atoms in total. The summed E-state index contributed by atoms with van der Waals surface area (Å²) in [6.45, 7) is 9.19. The van der Waals surface area contributed by atoms with Gasteiger partial charge in [0.1, 0.15) is 0 Å². The van der Waals surface area contributed by atoms with Crippen LogP contribution in [-0.2, 0) is 7.05 Å². The first kappa shape index (κ1) is 13.1. The molecular formula is C12H21BrN4. The summed E-state index contributed by atoms with van der Waals surface area (Å²) >= 11 is 3.55. The lowest BCUT2D eigenvalue weighted by Crippen LogP contribution is -2.33. The topological polar surface area (TPSA) is 55.9 Å². The van der Waals surface area contributed by atoms with E-state index in [1.807, 2.05) is 17.9 Å². The molecule has 0 aromatic carbocycles. The Bertz CT molecular complexity index is 402. The van der Waals surface area contributed by atoms with Gasteiger partial charge in [-0.25, -0.2) is 0 Å². The van der Waals surface area contributed by atoms with E-state index in [9.17, 15) is 0 Å². The highest BCUT2D eigenvalue weighted by Gasteiger charge is 2.67. The SMILES string of the molecule is Cn1ncc(Br)c1C(NN)C1C(C)(C)C1(C)C. The maximum Gasteiger partial charge on any atom is 0.0709 e. The number of nitrogens with zero attached hydrogens (tertiary/aromatic N) is 2. The van der Waals surface area contributed by atoms with Gasteiger partial charge < -0.3 is 0 Å². The van der Waals surface area contributed by atoms with E-state index < -0.39 is 0 Å². The third-order valence-electron chi connectivity index (χ3n) is 4.88. The standard InChI is InChI=1S/C12H21BrN4/c1-11(2)10(12(11,3)4)8(16-14)9-7(13)6-15-17(9)5/h6,8,10,16H,14H2,1-5H3. The molecule has 1 unspecified atom stereocenters. The Morgan fingerprint density at radius 2 is 1.94 bits per heavy atom. The molecule has 1 aliphatic rings. The maximum atomic E-state index is 5.77. The summed E-state index contributed by atoms with van der Waals surface area (Å²) in [5, 5.41) is 4.26. The molecule has 0 saturated heterocycles. The van der Waals surface area contributed by atoms with Crippen LogP contribution in [0.15, 0.2) is 10.7 Å². The maximum absolute atomic E-state index is 5.77. The van der Waals surface area contributed by atoms with Crippen molar-refractivity contribution in [3.05, 3.63) is 16.4 Å². The lowest BCUT2D eigenvalue weighted by Gasteiger charge is -2.19. The zero-order valence-electron chi connectivity index (χ0n) is 11.1. The minimum absolute atomic E-state index is 0.127. The molecular weight excluding hydrogens is 280 g/mol. The van der Waals surface area contributed by atoms with Crippen molar-refractivity contribution in [2.24, 2.45) is 29.6 Å². The highest BCUT2D eigenvalue weighted by atomic mass is 79.9. The summed E-state index contributed by atoms with van der Waals surface area (Å²) in [4.78, 5) is 0. The number of nitrogens with one attached hydrogen (secondary N) is 1. The lowest BCUT2D eigenvalue weighted by molar-refractivity contribution is 0.394. The summed E-state index contributed by atoms with van der Waals surface area (Å²) in [5.41, 5.74) is 4.66. The van der Waals surface area contributed by atoms with Crippen molar-refractivity contribution in [2.45, 2.75) is 33.7 Å². The third kappa shape index (κ3) is 1.67. The van der Waals surface area contributed by atoms with E-state index in [0.717, 1.165) is 10.2 Å². The van der Waals surface area contributed by atoms with Gasteiger partial charge in [-0.3, -0.25) is 16.0 Å². The van der Waals surface area contributed by atoms with Crippen LogP contribution in [0.5, 0.6) is 0 Å². The number of hydrogen-bond acceptors (Lipinski definition) is 3. The van der Waals surface area contributed by atoms with Crippen molar-refractivity contribution in [3.63, 3.8) is 0 Å². The van der Waals surface area contributed by atoms with E-state index in [1.54, 1.807) is 0 Å². The Kier molecular flexibility index (Phi) is 2.92. The van der Waals surface area contributed by atoms with Crippen LogP contribution in [0.25, 0.3) is 0 Å². The van der Waals surface area contributed by atoms with E-state index in [2.05, 4.69) is 54.1 Å². The fourth-order valence-electron chi connectivity index (χ4n) is 3.18. The second-order valence-corrected chi connectivity index (χ2v) is 6.92. The number of aryl methyl sites for hydroxylation is 1. The summed E-state index contributed by atoms with van der Waals surface area (Å²) in [5.74, 6) is 6.28. The number of halogens is 1. The quantitative estimate of drug-likeness (QED) is 0.665. The predicted octanol–water partition coefficient (Wildman–Crippen LogP) is 2.37. The van der Waals surface area contributed by atoms with Crippen LogP contribution in [0.4, 0.5) is 0 Å². The van der Waals surface area contributed by atoms with Gasteiger partial charge >= 0.3 is 0 Å². The molecule has 0 aliphatic heterocycles. The minimum atomic E-state index is 0.127. The second-order valence-electron chi connectivity index (χ2n) is 6.07. The van der Waals surface area contributed by atoms with Gasteiger partial charge in [-0.15, -0.1) is 0 Å². The van der Waals surface area contributed by atoms with E-state index in [-0.39, 0.29) is 16.9 Å². The van der Waals surface area contributed by atoms with Crippen molar-refractivity contribution in [1.29, 1.82) is 0 Å². The molecule has 1 fully saturated rings. The monoisotopic (exact) mass is 300 g/mol. The molecule has 17 heavy (non-hydrogen) atoms. The molecule has 0 spiro atoms. The molecule has 1 aromatic heterocycles. The Morgan fingerprint density at radius 1 is 1.41 bits per heavy atom. The fourth-order valence-corrected chi connectivity index (χ4v) is 3.78. The van der Waals surface area contributed by atoms with Crippen LogP contribution in [0.1, 0.15) is 39.4 Å². The van der Waals surface area contributed by atoms with E-state index in [4.69, 9.17) is 5.84 Å². The summed E-state index contributed by atoms with van der Waals surface area (Å²) in [6.07, 6.45) is 1.82. The Balaban J connectivity index is 2.38. The van der Waals surface area contributed by atoms with Gasteiger partial charge in [-0.2, -0.15) is 5.10 Å². The molecule has 1 saturated carbocycles. The van der Waals surface area contributed by atoms with Crippen molar-refractivity contribution in [1.82, 2.24) is 15.2 Å². The van der Waals surface area contributed by atoms with Crippen LogP contribution in [0.3, 0.4) is 0 Å². The Hall–Kier alpha value is -0.390. The van der Waals surface area contributed by atoms with Crippen LogP contribution in [0.2, 0.25) is 0 Å². The number of aromatic nitrogens is 2. The van der Waals surface area contributed by atoms with Gasteiger partial charge in [0.05, 0.1) is 22.4 Å². The zero-order valence-corrected chi connectivity index (χ0v) is 12.7.